The maximum absolute atomic E-state index is 13.2. The smallest absolute Gasteiger partial charge is 0.309 e. The number of hydrogen-bond acceptors (Lipinski definition) is 3. The third-order valence-corrected chi connectivity index (χ3v) is 8.51. The summed E-state index contributed by atoms with van der Waals surface area (Å²) in [6.07, 6.45) is 4.26. The van der Waals surface area contributed by atoms with Gasteiger partial charge in [-0.15, -0.1) is 0 Å². The van der Waals surface area contributed by atoms with E-state index in [1.807, 2.05) is 18.2 Å². The first-order valence-electron chi connectivity index (χ1n) is 14.0. The number of hydrogen-bond donors (Lipinski definition) is 0. The van der Waals surface area contributed by atoms with Crippen LogP contribution in [0.25, 0.3) is 0 Å². The van der Waals surface area contributed by atoms with Gasteiger partial charge in [0.25, 0.3) is 0 Å². The highest BCUT2D eigenvalue weighted by Crippen LogP contribution is 2.46. The van der Waals surface area contributed by atoms with E-state index < -0.39 is 5.60 Å². The van der Waals surface area contributed by atoms with E-state index in [1.54, 1.807) is 0 Å². The van der Waals surface area contributed by atoms with E-state index in [1.165, 1.54) is 6.42 Å². The Morgan fingerprint density at radius 3 is 1.81 bits per heavy atom. The van der Waals surface area contributed by atoms with Crippen LogP contribution in [-0.4, -0.2) is 18.7 Å². The topological polar surface area (TPSA) is 35.5 Å². The molecule has 0 bridgehead atoms. The largest absolute Gasteiger partial charge is 0.462 e. The maximum Gasteiger partial charge on any atom is 0.309 e. The van der Waals surface area contributed by atoms with Crippen LogP contribution in [0.5, 0.6) is 0 Å². The summed E-state index contributed by atoms with van der Waals surface area (Å²) in [5, 5.41) is 0. The third kappa shape index (κ3) is 5.52. The highest BCUT2D eigenvalue weighted by Gasteiger charge is 2.48. The van der Waals surface area contributed by atoms with Gasteiger partial charge in [-0.25, -0.2) is 0 Å². The predicted molar refractivity (Wildman–Crippen MR) is 148 cm³/mol. The number of carbonyl (C=O) groups is 1. The molecule has 37 heavy (non-hydrogen) atoms. The van der Waals surface area contributed by atoms with Crippen molar-refractivity contribution >= 4 is 5.97 Å². The van der Waals surface area contributed by atoms with Gasteiger partial charge in [0.2, 0.25) is 0 Å². The van der Waals surface area contributed by atoms with Crippen LogP contribution in [0.2, 0.25) is 0 Å². The molecule has 2 aliphatic carbocycles. The van der Waals surface area contributed by atoms with Gasteiger partial charge in [-0.3, -0.25) is 4.79 Å². The van der Waals surface area contributed by atoms with Crippen LogP contribution in [0.3, 0.4) is 0 Å². The predicted octanol–water partition coefficient (Wildman–Crippen LogP) is 7.64. The van der Waals surface area contributed by atoms with Crippen molar-refractivity contribution in [1.82, 2.24) is 0 Å². The quantitative estimate of drug-likeness (QED) is 0.226. The van der Waals surface area contributed by atoms with Crippen molar-refractivity contribution in [2.24, 2.45) is 29.6 Å². The molecular formula is C34H40O3. The van der Waals surface area contributed by atoms with Crippen LogP contribution in [0, 0.1) is 29.6 Å². The monoisotopic (exact) mass is 496 g/mol. The Hall–Kier alpha value is -2.91. The molecule has 0 radical (unpaired) electrons. The molecule has 5 atom stereocenters. The molecular weight excluding hydrogens is 456 g/mol. The Morgan fingerprint density at radius 1 is 0.811 bits per heavy atom. The van der Waals surface area contributed by atoms with Crippen molar-refractivity contribution in [3.63, 3.8) is 0 Å². The summed E-state index contributed by atoms with van der Waals surface area (Å²) in [4.78, 5) is 13.2. The molecule has 2 fully saturated rings. The SMILES string of the molecule is CC1CCC(C(C)C)C(OC(=O)C2CC2COC(c2ccccc2)(c2ccccc2)c2ccccc2)C1. The number of benzene rings is 3. The summed E-state index contributed by atoms with van der Waals surface area (Å²) in [5.74, 6) is 1.71. The molecule has 5 unspecified atom stereocenters. The molecule has 0 heterocycles. The number of rotatable bonds is 9. The molecule has 3 heteroatoms. The minimum atomic E-state index is -0.748. The van der Waals surface area contributed by atoms with Crippen molar-refractivity contribution < 1.29 is 14.3 Å². The van der Waals surface area contributed by atoms with Crippen LogP contribution in [-0.2, 0) is 19.9 Å². The van der Waals surface area contributed by atoms with Crippen molar-refractivity contribution in [2.75, 3.05) is 6.61 Å². The summed E-state index contributed by atoms with van der Waals surface area (Å²) in [5.41, 5.74) is 2.51. The Labute approximate surface area is 222 Å². The summed E-state index contributed by atoms with van der Waals surface area (Å²) in [6.45, 7) is 7.30. The average molecular weight is 497 g/mol. The highest BCUT2D eigenvalue weighted by atomic mass is 16.5. The van der Waals surface area contributed by atoms with Crippen molar-refractivity contribution in [1.29, 1.82) is 0 Å². The Kier molecular flexibility index (Phi) is 7.81. The fourth-order valence-electron chi connectivity index (χ4n) is 6.21. The van der Waals surface area contributed by atoms with Crippen LogP contribution in [0.15, 0.2) is 91.0 Å². The highest BCUT2D eigenvalue weighted by molar-refractivity contribution is 5.76. The first-order chi connectivity index (χ1) is 18.0. The van der Waals surface area contributed by atoms with E-state index in [0.717, 1.165) is 36.0 Å². The maximum atomic E-state index is 13.2. The third-order valence-electron chi connectivity index (χ3n) is 8.51. The molecule has 3 aromatic rings. The van der Waals surface area contributed by atoms with E-state index in [2.05, 4.69) is 93.6 Å². The standard InChI is InChI=1S/C34H40O3/c1-24(2)30-20-19-25(3)21-32(30)37-33(35)31-22-26(31)23-36-34(27-13-7-4-8-14-27,28-15-9-5-10-16-28)29-17-11-6-12-18-29/h4-18,24-26,30-32H,19-23H2,1-3H3. The lowest BCUT2D eigenvalue weighted by Crippen LogP contribution is -2.36. The summed E-state index contributed by atoms with van der Waals surface area (Å²) < 4.78 is 13.1. The van der Waals surface area contributed by atoms with Crippen LogP contribution in [0.4, 0.5) is 0 Å². The van der Waals surface area contributed by atoms with E-state index in [-0.39, 0.29) is 23.9 Å². The second-order valence-electron chi connectivity index (χ2n) is 11.5. The first-order valence-corrected chi connectivity index (χ1v) is 14.0. The average Bonchev–Trinajstić information content (AvgIpc) is 3.71. The molecule has 2 aliphatic rings. The van der Waals surface area contributed by atoms with Crippen molar-refractivity contribution in [2.45, 2.75) is 58.2 Å². The molecule has 194 valence electrons. The molecule has 0 saturated heterocycles. The first kappa shape index (κ1) is 25.7. The zero-order valence-corrected chi connectivity index (χ0v) is 22.4. The molecule has 0 aromatic heterocycles. The summed E-state index contributed by atoms with van der Waals surface area (Å²) in [7, 11) is 0. The van der Waals surface area contributed by atoms with Gasteiger partial charge in [0.15, 0.2) is 0 Å². The van der Waals surface area contributed by atoms with Crippen molar-refractivity contribution in [3.05, 3.63) is 108 Å². The van der Waals surface area contributed by atoms with Gasteiger partial charge in [0.1, 0.15) is 11.7 Å². The molecule has 5 rings (SSSR count). The lowest BCUT2D eigenvalue weighted by Gasteiger charge is -2.37. The van der Waals surface area contributed by atoms with Crippen LogP contribution < -0.4 is 0 Å². The van der Waals surface area contributed by atoms with Gasteiger partial charge < -0.3 is 9.47 Å². The van der Waals surface area contributed by atoms with Crippen LogP contribution in [0.1, 0.15) is 63.1 Å². The van der Waals surface area contributed by atoms with Crippen LogP contribution >= 0.6 is 0 Å². The molecule has 0 spiro atoms. The molecule has 0 N–H and O–H groups in total. The zero-order chi connectivity index (χ0) is 25.8. The van der Waals surface area contributed by atoms with Gasteiger partial charge >= 0.3 is 5.97 Å². The number of carbonyl (C=O) groups excluding carboxylic acids is 1. The molecule has 2 saturated carbocycles. The minimum Gasteiger partial charge on any atom is -0.462 e. The van der Waals surface area contributed by atoms with E-state index >= 15 is 0 Å². The lowest BCUT2D eigenvalue weighted by molar-refractivity contribution is -0.158. The lowest BCUT2D eigenvalue weighted by atomic mass is 9.75. The van der Waals surface area contributed by atoms with Gasteiger partial charge in [-0.2, -0.15) is 0 Å². The molecule has 0 amide bonds. The fraction of sp³-hybridized carbons (Fsp3) is 0.441. The second-order valence-corrected chi connectivity index (χ2v) is 11.5. The molecule has 3 aromatic carbocycles. The zero-order valence-electron chi connectivity index (χ0n) is 22.4. The Balaban J connectivity index is 1.35. The summed E-state index contributed by atoms with van der Waals surface area (Å²) >= 11 is 0. The number of ether oxygens (including phenoxy) is 2. The molecule has 0 aliphatic heterocycles. The van der Waals surface area contributed by atoms with E-state index in [0.29, 0.717) is 24.4 Å². The van der Waals surface area contributed by atoms with Gasteiger partial charge in [0, 0.05) is 0 Å². The normalized spacial score (nSPS) is 25.6. The minimum absolute atomic E-state index is 0.0249. The Bertz CT molecular complexity index is 1040. The Morgan fingerprint density at radius 2 is 1.32 bits per heavy atom. The fourth-order valence-corrected chi connectivity index (χ4v) is 6.21. The van der Waals surface area contributed by atoms with Gasteiger partial charge in [0.05, 0.1) is 12.5 Å². The second kappa shape index (κ2) is 11.2. The number of esters is 1. The molecule has 3 nitrogen and oxygen atoms in total. The van der Waals surface area contributed by atoms with Gasteiger partial charge in [-0.1, -0.05) is 118 Å². The van der Waals surface area contributed by atoms with E-state index in [4.69, 9.17) is 9.47 Å². The summed E-state index contributed by atoms with van der Waals surface area (Å²) in [6, 6.07) is 31.3. The van der Waals surface area contributed by atoms with E-state index in [9.17, 15) is 4.79 Å². The van der Waals surface area contributed by atoms with Crippen molar-refractivity contribution in [3.8, 4) is 0 Å². The van der Waals surface area contributed by atoms with Gasteiger partial charge in [-0.05, 0) is 59.6 Å².